The zero-order chi connectivity index (χ0) is 21.4. The lowest BCUT2D eigenvalue weighted by Crippen LogP contribution is -2.39. The molecule has 0 saturated carbocycles. The van der Waals surface area contributed by atoms with Crippen molar-refractivity contribution in [3.05, 3.63) is 84.3 Å². The number of nitrogens with zero attached hydrogens (tertiary/aromatic N) is 4. The molecule has 154 valence electrons. The number of hydrogen-bond donors (Lipinski definition) is 0. The number of allylic oxidation sites excluding steroid dienone is 1. The van der Waals surface area contributed by atoms with E-state index in [1.807, 2.05) is 56.6 Å². The average molecular weight is 423 g/mol. The fraction of sp³-hybridized carbons (Fsp3) is 0.273. The van der Waals surface area contributed by atoms with Crippen molar-refractivity contribution in [2.45, 2.75) is 26.8 Å². The van der Waals surface area contributed by atoms with Crippen molar-refractivity contribution >= 4 is 23.4 Å². The van der Waals surface area contributed by atoms with Gasteiger partial charge in [-0.2, -0.15) is 5.10 Å². The Bertz CT molecular complexity index is 1330. The molecule has 0 spiro atoms. The maximum absolute atomic E-state index is 13.4. The van der Waals surface area contributed by atoms with Gasteiger partial charge >= 0.3 is 5.97 Å². The molecular weight excluding hydrogens is 400 g/mol. The summed E-state index contributed by atoms with van der Waals surface area (Å²) in [6, 6.07) is 8.92. The lowest BCUT2D eigenvalue weighted by atomic mass is 9.96. The number of fused-ring (bicyclic) bond motifs is 1. The lowest BCUT2D eigenvalue weighted by Gasteiger charge is -2.24. The second-order valence-electron chi connectivity index (χ2n) is 7.06. The molecule has 30 heavy (non-hydrogen) atoms. The van der Waals surface area contributed by atoms with Crippen LogP contribution in [0.15, 0.2) is 57.6 Å². The SMILES string of the molecule is CCOC(=O)C1=C(C)N=c2s/c(=C\c3cn(C)nc3C)c(=O)n2[C@H]1c1ccccc1. The maximum atomic E-state index is 13.4. The number of aryl methyl sites for hydroxylation is 2. The molecule has 1 atom stereocenters. The molecule has 1 aromatic carbocycles. The molecule has 1 aliphatic rings. The van der Waals surface area contributed by atoms with Crippen molar-refractivity contribution in [2.24, 2.45) is 12.0 Å². The minimum absolute atomic E-state index is 0.190. The third-order valence-corrected chi connectivity index (χ3v) is 5.95. The Morgan fingerprint density at radius 1 is 1.27 bits per heavy atom. The van der Waals surface area contributed by atoms with Crippen LogP contribution in [0.3, 0.4) is 0 Å². The van der Waals surface area contributed by atoms with Gasteiger partial charge < -0.3 is 4.74 Å². The molecule has 8 heteroatoms. The van der Waals surface area contributed by atoms with E-state index in [9.17, 15) is 9.59 Å². The van der Waals surface area contributed by atoms with Gasteiger partial charge in [-0.25, -0.2) is 9.79 Å². The van der Waals surface area contributed by atoms with E-state index in [1.165, 1.54) is 11.3 Å². The van der Waals surface area contributed by atoms with E-state index >= 15 is 0 Å². The van der Waals surface area contributed by atoms with Crippen LogP contribution in [-0.4, -0.2) is 26.9 Å². The standard InChI is InChI=1S/C22H22N4O3S/c1-5-29-21(28)18-14(3)23-22-26(19(18)15-9-7-6-8-10-15)20(27)17(30-22)11-16-12-25(4)24-13(16)2/h6-12,19H,5H2,1-4H3/b17-11-/t19-/m0/s1. The molecule has 0 fully saturated rings. The summed E-state index contributed by atoms with van der Waals surface area (Å²) in [6.07, 6.45) is 3.70. The fourth-order valence-electron chi connectivity index (χ4n) is 3.64. The molecule has 0 unspecified atom stereocenters. The van der Waals surface area contributed by atoms with Crippen LogP contribution in [-0.2, 0) is 16.6 Å². The first-order chi connectivity index (χ1) is 14.4. The molecule has 0 saturated heterocycles. The summed E-state index contributed by atoms with van der Waals surface area (Å²) in [5.41, 5.74) is 3.31. The molecule has 2 aromatic heterocycles. The largest absolute Gasteiger partial charge is 0.463 e. The van der Waals surface area contributed by atoms with Gasteiger partial charge in [-0.1, -0.05) is 41.7 Å². The lowest BCUT2D eigenvalue weighted by molar-refractivity contribution is -0.139. The summed E-state index contributed by atoms with van der Waals surface area (Å²) in [5, 5.41) is 4.34. The fourth-order valence-corrected chi connectivity index (χ4v) is 4.68. The van der Waals surface area contributed by atoms with Gasteiger partial charge in [0.1, 0.15) is 0 Å². The van der Waals surface area contributed by atoms with Crippen molar-refractivity contribution in [3.8, 4) is 0 Å². The summed E-state index contributed by atoms with van der Waals surface area (Å²) in [6.45, 7) is 5.70. The Kier molecular flexibility index (Phi) is 5.26. The van der Waals surface area contributed by atoms with Gasteiger partial charge in [0, 0.05) is 18.8 Å². The number of thiazole rings is 1. The Morgan fingerprint density at radius 3 is 2.63 bits per heavy atom. The van der Waals surface area contributed by atoms with E-state index in [0.29, 0.717) is 20.6 Å². The van der Waals surface area contributed by atoms with Gasteiger partial charge in [-0.3, -0.25) is 14.0 Å². The number of aromatic nitrogens is 3. The van der Waals surface area contributed by atoms with Crippen LogP contribution in [0.4, 0.5) is 0 Å². The van der Waals surface area contributed by atoms with Crippen LogP contribution in [0.1, 0.15) is 36.7 Å². The summed E-state index contributed by atoms with van der Waals surface area (Å²) in [5.74, 6) is -0.454. The Hall–Kier alpha value is -3.26. The van der Waals surface area contributed by atoms with Gasteiger partial charge in [0.25, 0.3) is 5.56 Å². The zero-order valence-electron chi connectivity index (χ0n) is 17.2. The molecule has 0 radical (unpaired) electrons. The molecule has 1 aliphatic heterocycles. The van der Waals surface area contributed by atoms with E-state index in [-0.39, 0.29) is 12.2 Å². The topological polar surface area (TPSA) is 78.5 Å². The summed E-state index contributed by atoms with van der Waals surface area (Å²) in [7, 11) is 1.84. The van der Waals surface area contributed by atoms with E-state index in [4.69, 9.17) is 4.74 Å². The van der Waals surface area contributed by atoms with E-state index in [0.717, 1.165) is 16.8 Å². The van der Waals surface area contributed by atoms with Crippen molar-refractivity contribution < 1.29 is 9.53 Å². The first-order valence-electron chi connectivity index (χ1n) is 9.65. The summed E-state index contributed by atoms with van der Waals surface area (Å²) >= 11 is 1.31. The van der Waals surface area contributed by atoms with E-state index in [1.54, 1.807) is 23.1 Å². The van der Waals surface area contributed by atoms with Crippen LogP contribution in [0.2, 0.25) is 0 Å². The number of rotatable bonds is 4. The van der Waals surface area contributed by atoms with Gasteiger partial charge in [0.2, 0.25) is 0 Å². The van der Waals surface area contributed by atoms with E-state index in [2.05, 4.69) is 10.1 Å². The Morgan fingerprint density at radius 2 is 2.00 bits per heavy atom. The second-order valence-corrected chi connectivity index (χ2v) is 8.07. The zero-order valence-corrected chi connectivity index (χ0v) is 18.1. The summed E-state index contributed by atoms with van der Waals surface area (Å²) in [4.78, 5) is 31.4. The molecule has 0 amide bonds. The second kappa shape index (κ2) is 7.87. The highest BCUT2D eigenvalue weighted by Gasteiger charge is 2.33. The van der Waals surface area contributed by atoms with Crippen LogP contribution in [0, 0.1) is 6.92 Å². The first kappa shape index (κ1) is 20.0. The van der Waals surface area contributed by atoms with Gasteiger partial charge in [0.15, 0.2) is 4.80 Å². The van der Waals surface area contributed by atoms with Gasteiger partial charge in [-0.05, 0) is 32.4 Å². The van der Waals surface area contributed by atoms with Crippen molar-refractivity contribution in [3.63, 3.8) is 0 Å². The number of benzene rings is 1. The third kappa shape index (κ3) is 3.43. The first-order valence-corrected chi connectivity index (χ1v) is 10.5. The molecule has 7 nitrogen and oxygen atoms in total. The smallest absolute Gasteiger partial charge is 0.338 e. The van der Waals surface area contributed by atoms with Crippen LogP contribution < -0.4 is 14.9 Å². The predicted molar refractivity (Wildman–Crippen MR) is 115 cm³/mol. The van der Waals surface area contributed by atoms with Crippen molar-refractivity contribution in [1.29, 1.82) is 0 Å². The minimum atomic E-state index is -0.585. The van der Waals surface area contributed by atoms with Gasteiger partial charge in [-0.15, -0.1) is 0 Å². The molecule has 0 N–H and O–H groups in total. The third-order valence-electron chi connectivity index (χ3n) is 4.97. The maximum Gasteiger partial charge on any atom is 0.338 e. The monoisotopic (exact) mass is 422 g/mol. The molecule has 3 aromatic rings. The van der Waals surface area contributed by atoms with Crippen molar-refractivity contribution in [1.82, 2.24) is 14.3 Å². The molecule has 4 rings (SSSR count). The quantitative estimate of drug-likeness (QED) is 0.601. The van der Waals surface area contributed by atoms with E-state index < -0.39 is 12.0 Å². The summed E-state index contributed by atoms with van der Waals surface area (Å²) < 4.78 is 9.15. The number of esters is 1. The average Bonchev–Trinajstić information content (AvgIpc) is 3.19. The van der Waals surface area contributed by atoms with Crippen LogP contribution >= 0.6 is 11.3 Å². The molecular formula is C22H22N4O3S. The molecule has 3 heterocycles. The van der Waals surface area contributed by atoms with Crippen molar-refractivity contribution in [2.75, 3.05) is 6.61 Å². The van der Waals surface area contributed by atoms with Gasteiger partial charge in [0.05, 0.1) is 34.1 Å². The Labute approximate surface area is 177 Å². The molecule has 0 bridgehead atoms. The number of carbonyl (C=O) groups is 1. The normalized spacial score (nSPS) is 16.4. The van der Waals surface area contributed by atoms with Crippen LogP contribution in [0.25, 0.3) is 6.08 Å². The Balaban J connectivity index is 1.97. The molecule has 0 aliphatic carbocycles. The predicted octanol–water partition coefficient (Wildman–Crippen LogP) is 1.84. The van der Waals surface area contributed by atoms with Crippen LogP contribution in [0.5, 0.6) is 0 Å². The highest BCUT2D eigenvalue weighted by atomic mass is 32.1. The number of hydrogen-bond acceptors (Lipinski definition) is 6. The minimum Gasteiger partial charge on any atom is -0.463 e. The highest BCUT2D eigenvalue weighted by Crippen LogP contribution is 2.30. The number of carbonyl (C=O) groups excluding carboxylic acids is 1. The highest BCUT2D eigenvalue weighted by molar-refractivity contribution is 7.07. The number of ether oxygens (including phenoxy) is 1.